The van der Waals surface area contributed by atoms with Crippen molar-refractivity contribution in [2.45, 2.75) is 19.8 Å². The largest absolute Gasteiger partial charge is 0.493 e. The molecule has 1 aromatic carbocycles. The van der Waals surface area contributed by atoms with Gasteiger partial charge in [-0.25, -0.2) is 0 Å². The molecule has 1 aliphatic heterocycles. The number of fused-ring (bicyclic) bond motifs is 1. The van der Waals surface area contributed by atoms with Crippen LogP contribution in [0, 0.1) is 0 Å². The standard InChI is InChI=1S/C15H21NO5.ClH/c1-2-6-16(10-15(17)18)7-3-8-19-12-4-5-13-14(9-12)21-11-20-13;/h4-5,9H,2-3,6-8,10-11H2,1H3,(H,17,18);1H. The predicted octanol–water partition coefficient (Wildman–Crippen LogP) is 2.40. The molecule has 0 unspecified atom stereocenters. The Labute approximate surface area is 136 Å². The van der Waals surface area contributed by atoms with E-state index in [2.05, 4.69) is 0 Å². The van der Waals surface area contributed by atoms with Crippen LogP contribution in [0.25, 0.3) is 0 Å². The van der Waals surface area contributed by atoms with E-state index in [1.807, 2.05) is 30.0 Å². The molecule has 0 saturated carbocycles. The molecule has 0 bridgehead atoms. The summed E-state index contributed by atoms with van der Waals surface area (Å²) in [5.41, 5.74) is 0. The van der Waals surface area contributed by atoms with Crippen LogP contribution in [0.4, 0.5) is 0 Å². The summed E-state index contributed by atoms with van der Waals surface area (Å²) in [5.74, 6) is 1.38. The third-order valence-electron chi connectivity index (χ3n) is 3.13. The van der Waals surface area contributed by atoms with Gasteiger partial charge < -0.3 is 19.3 Å². The number of hydrogen-bond acceptors (Lipinski definition) is 5. The predicted molar refractivity (Wildman–Crippen MR) is 84.3 cm³/mol. The van der Waals surface area contributed by atoms with Crippen molar-refractivity contribution in [2.24, 2.45) is 0 Å². The van der Waals surface area contributed by atoms with Crippen LogP contribution in [-0.2, 0) is 4.79 Å². The van der Waals surface area contributed by atoms with E-state index in [1.165, 1.54) is 0 Å². The Morgan fingerprint density at radius 3 is 2.82 bits per heavy atom. The van der Waals surface area contributed by atoms with Gasteiger partial charge in [0.05, 0.1) is 13.2 Å². The van der Waals surface area contributed by atoms with E-state index >= 15 is 0 Å². The molecule has 0 spiro atoms. The van der Waals surface area contributed by atoms with Gasteiger partial charge in [-0.2, -0.15) is 0 Å². The fraction of sp³-hybridized carbons (Fsp3) is 0.533. The lowest BCUT2D eigenvalue weighted by Gasteiger charge is -2.19. The first-order chi connectivity index (χ1) is 10.2. The molecule has 0 radical (unpaired) electrons. The molecule has 2 rings (SSSR count). The van der Waals surface area contributed by atoms with Crippen LogP contribution in [0.2, 0.25) is 0 Å². The Balaban J connectivity index is 0.00000242. The molecule has 0 aromatic heterocycles. The monoisotopic (exact) mass is 331 g/mol. The number of halogens is 1. The first-order valence-electron chi connectivity index (χ1n) is 7.15. The number of carbonyl (C=O) groups is 1. The lowest BCUT2D eigenvalue weighted by atomic mass is 10.3. The normalized spacial score (nSPS) is 12.1. The van der Waals surface area contributed by atoms with Gasteiger partial charge in [-0.3, -0.25) is 9.69 Å². The van der Waals surface area contributed by atoms with E-state index < -0.39 is 5.97 Å². The minimum absolute atomic E-state index is 0. The van der Waals surface area contributed by atoms with Crippen LogP contribution >= 0.6 is 12.4 Å². The Morgan fingerprint density at radius 1 is 1.32 bits per heavy atom. The summed E-state index contributed by atoms with van der Waals surface area (Å²) in [6, 6.07) is 5.48. The molecule has 7 heteroatoms. The number of aliphatic carboxylic acids is 1. The van der Waals surface area contributed by atoms with E-state index in [0.717, 1.165) is 30.9 Å². The molecular weight excluding hydrogens is 310 g/mol. The van der Waals surface area contributed by atoms with Gasteiger partial charge in [0.25, 0.3) is 0 Å². The van der Waals surface area contributed by atoms with Crippen LogP contribution in [0.1, 0.15) is 19.8 Å². The van der Waals surface area contributed by atoms with Gasteiger partial charge in [-0.15, -0.1) is 12.4 Å². The summed E-state index contributed by atoms with van der Waals surface area (Å²) < 4.78 is 16.2. The van der Waals surface area contributed by atoms with Crippen molar-refractivity contribution in [3.63, 3.8) is 0 Å². The van der Waals surface area contributed by atoms with Gasteiger partial charge in [0.2, 0.25) is 6.79 Å². The highest BCUT2D eigenvalue weighted by molar-refractivity contribution is 5.85. The third-order valence-corrected chi connectivity index (χ3v) is 3.13. The van der Waals surface area contributed by atoms with Crippen molar-refractivity contribution in [1.29, 1.82) is 0 Å². The Hall–Kier alpha value is -1.66. The first-order valence-corrected chi connectivity index (χ1v) is 7.15. The van der Waals surface area contributed by atoms with Crippen molar-refractivity contribution < 1.29 is 24.1 Å². The fourth-order valence-electron chi connectivity index (χ4n) is 2.22. The summed E-state index contributed by atoms with van der Waals surface area (Å²) in [6.45, 7) is 4.41. The van der Waals surface area contributed by atoms with E-state index in [9.17, 15) is 4.79 Å². The van der Waals surface area contributed by atoms with Gasteiger partial charge >= 0.3 is 5.97 Å². The fourth-order valence-corrected chi connectivity index (χ4v) is 2.22. The summed E-state index contributed by atoms with van der Waals surface area (Å²) in [5, 5.41) is 8.84. The molecule has 0 fully saturated rings. The van der Waals surface area contributed by atoms with Crippen molar-refractivity contribution in [2.75, 3.05) is 33.0 Å². The van der Waals surface area contributed by atoms with Crippen molar-refractivity contribution in [3.05, 3.63) is 18.2 Å². The number of carboxylic acids is 1. The average Bonchev–Trinajstić information content (AvgIpc) is 2.90. The van der Waals surface area contributed by atoms with E-state index in [0.29, 0.717) is 18.9 Å². The lowest BCUT2D eigenvalue weighted by molar-refractivity contribution is -0.138. The second-order valence-corrected chi connectivity index (χ2v) is 4.89. The maximum Gasteiger partial charge on any atom is 0.317 e. The molecule has 1 aromatic rings. The third kappa shape index (κ3) is 5.61. The highest BCUT2D eigenvalue weighted by Crippen LogP contribution is 2.35. The molecule has 0 atom stereocenters. The Kier molecular flexibility index (Phi) is 7.84. The van der Waals surface area contributed by atoms with E-state index in [4.69, 9.17) is 19.3 Å². The van der Waals surface area contributed by atoms with Gasteiger partial charge in [-0.05, 0) is 31.5 Å². The number of rotatable bonds is 9. The molecular formula is C15H22ClNO5. The Morgan fingerprint density at radius 2 is 2.09 bits per heavy atom. The molecule has 0 amide bonds. The summed E-state index contributed by atoms with van der Waals surface area (Å²) in [6.07, 6.45) is 1.72. The highest BCUT2D eigenvalue weighted by Gasteiger charge is 2.13. The number of nitrogens with zero attached hydrogens (tertiary/aromatic N) is 1. The summed E-state index contributed by atoms with van der Waals surface area (Å²) >= 11 is 0. The van der Waals surface area contributed by atoms with Crippen LogP contribution < -0.4 is 14.2 Å². The highest BCUT2D eigenvalue weighted by atomic mass is 35.5. The van der Waals surface area contributed by atoms with Gasteiger partial charge in [-0.1, -0.05) is 6.92 Å². The summed E-state index contributed by atoms with van der Waals surface area (Å²) in [4.78, 5) is 12.7. The molecule has 1 aliphatic rings. The van der Waals surface area contributed by atoms with Crippen LogP contribution in [0.3, 0.4) is 0 Å². The van der Waals surface area contributed by atoms with Gasteiger partial charge in [0.1, 0.15) is 5.75 Å². The summed E-state index contributed by atoms with van der Waals surface area (Å²) in [7, 11) is 0. The van der Waals surface area contributed by atoms with Crippen LogP contribution in [0.5, 0.6) is 17.2 Å². The zero-order valence-corrected chi connectivity index (χ0v) is 13.4. The maximum absolute atomic E-state index is 10.7. The van der Waals surface area contributed by atoms with Crippen LogP contribution in [0.15, 0.2) is 18.2 Å². The molecule has 6 nitrogen and oxygen atoms in total. The average molecular weight is 332 g/mol. The second kappa shape index (κ2) is 9.38. The van der Waals surface area contributed by atoms with Crippen molar-refractivity contribution in [1.82, 2.24) is 4.90 Å². The molecule has 0 saturated heterocycles. The number of hydrogen-bond donors (Lipinski definition) is 1. The molecule has 22 heavy (non-hydrogen) atoms. The molecule has 1 heterocycles. The Bertz CT molecular complexity index is 483. The minimum Gasteiger partial charge on any atom is -0.493 e. The lowest BCUT2D eigenvalue weighted by Crippen LogP contribution is -2.32. The van der Waals surface area contributed by atoms with Crippen LogP contribution in [-0.4, -0.2) is 49.0 Å². The molecule has 1 N–H and O–H groups in total. The first kappa shape index (κ1) is 18.4. The van der Waals surface area contributed by atoms with E-state index in [-0.39, 0.29) is 25.7 Å². The number of ether oxygens (including phenoxy) is 3. The minimum atomic E-state index is -0.792. The quantitative estimate of drug-likeness (QED) is 0.701. The second-order valence-electron chi connectivity index (χ2n) is 4.89. The van der Waals surface area contributed by atoms with Crippen molar-refractivity contribution in [3.8, 4) is 17.2 Å². The van der Waals surface area contributed by atoms with Crippen molar-refractivity contribution >= 4 is 18.4 Å². The topological polar surface area (TPSA) is 68.2 Å². The smallest absolute Gasteiger partial charge is 0.317 e. The van der Waals surface area contributed by atoms with Gasteiger partial charge in [0.15, 0.2) is 11.5 Å². The SMILES string of the molecule is CCCN(CCCOc1ccc2c(c1)OCO2)CC(=O)O.Cl. The van der Waals surface area contributed by atoms with E-state index in [1.54, 1.807) is 0 Å². The molecule has 0 aliphatic carbocycles. The molecule has 124 valence electrons. The number of carboxylic acid groups (broad SMARTS) is 1. The zero-order valence-electron chi connectivity index (χ0n) is 12.6. The van der Waals surface area contributed by atoms with Gasteiger partial charge in [0, 0.05) is 12.6 Å². The zero-order chi connectivity index (χ0) is 15.1. The number of benzene rings is 1. The maximum atomic E-state index is 10.7.